The molecule has 1 aromatic rings. The number of ether oxygens (including phenoxy) is 2. The predicted molar refractivity (Wildman–Crippen MR) is 82.5 cm³/mol. The molecule has 0 spiro atoms. The topological polar surface area (TPSA) is 138 Å². The Morgan fingerprint density at radius 1 is 1.33 bits per heavy atom. The maximum absolute atomic E-state index is 12.1. The first-order valence-corrected chi connectivity index (χ1v) is 7.94. The monoisotopic (exact) mass is 359 g/mol. The molecule has 0 unspecified atom stereocenters. The molecule has 1 heterocycles. The lowest BCUT2D eigenvalue weighted by Gasteiger charge is -2.16. The van der Waals surface area contributed by atoms with E-state index >= 15 is 0 Å². The van der Waals surface area contributed by atoms with E-state index in [0.717, 1.165) is 6.20 Å². The summed E-state index contributed by atoms with van der Waals surface area (Å²) in [6, 6.07) is -1.08. The van der Waals surface area contributed by atoms with Gasteiger partial charge < -0.3 is 14.8 Å². The number of nitrogens with zero attached hydrogens (tertiary/aromatic N) is 2. The zero-order valence-corrected chi connectivity index (χ0v) is 14.0. The van der Waals surface area contributed by atoms with E-state index in [9.17, 15) is 24.5 Å². The minimum atomic E-state index is -1.08. The molecule has 0 fully saturated rings. The van der Waals surface area contributed by atoms with E-state index in [0.29, 0.717) is 11.3 Å². The fourth-order valence-corrected chi connectivity index (χ4v) is 2.30. The molecule has 0 aliphatic heterocycles. The average Bonchev–Trinajstić information content (AvgIpc) is 3.02. The normalized spacial score (nSPS) is 11.4. The van der Waals surface area contributed by atoms with Gasteiger partial charge in [0.25, 0.3) is 5.91 Å². The van der Waals surface area contributed by atoms with Crippen molar-refractivity contribution in [1.82, 2.24) is 10.3 Å². The largest absolute Gasteiger partial charge is 0.466 e. The zero-order valence-electron chi connectivity index (χ0n) is 13.1. The molecular weight excluding hydrogens is 342 g/mol. The Morgan fingerprint density at radius 2 is 2.00 bits per heavy atom. The second-order valence-electron chi connectivity index (χ2n) is 4.38. The Labute approximate surface area is 141 Å². The molecule has 0 radical (unpaired) electrons. The van der Waals surface area contributed by atoms with Crippen LogP contribution >= 0.6 is 11.3 Å². The summed E-state index contributed by atoms with van der Waals surface area (Å²) in [5.74, 6) is -1.97. The van der Waals surface area contributed by atoms with E-state index in [2.05, 4.69) is 10.3 Å². The number of hydrogen-bond acceptors (Lipinski definition) is 9. The van der Waals surface area contributed by atoms with Crippen LogP contribution in [0.5, 0.6) is 0 Å². The van der Waals surface area contributed by atoms with Crippen molar-refractivity contribution in [1.29, 1.82) is 0 Å². The first-order chi connectivity index (χ1) is 11.4. The van der Waals surface area contributed by atoms with Gasteiger partial charge in [0.15, 0.2) is 5.01 Å². The predicted octanol–water partition coefficient (Wildman–Crippen LogP) is 1.06. The van der Waals surface area contributed by atoms with Crippen molar-refractivity contribution in [3.63, 3.8) is 0 Å². The summed E-state index contributed by atoms with van der Waals surface area (Å²) in [5.41, 5.74) is 0. The van der Waals surface area contributed by atoms with E-state index in [4.69, 9.17) is 9.47 Å². The SMILES string of the molecule is CCOC(=O)CC[C@@H](NC(=O)c1ncc([N+](=O)[O-])s1)C(=O)OCC. The van der Waals surface area contributed by atoms with Gasteiger partial charge in [-0.3, -0.25) is 19.7 Å². The number of esters is 2. The van der Waals surface area contributed by atoms with Gasteiger partial charge in [-0.05, 0) is 31.6 Å². The van der Waals surface area contributed by atoms with E-state index in [1.54, 1.807) is 13.8 Å². The molecule has 1 N–H and O–H groups in total. The number of nitro groups is 1. The highest BCUT2D eigenvalue weighted by Gasteiger charge is 2.26. The Hall–Kier alpha value is -2.56. The van der Waals surface area contributed by atoms with Crippen LogP contribution in [0.2, 0.25) is 0 Å². The summed E-state index contributed by atoms with van der Waals surface area (Å²) in [6.45, 7) is 3.57. The van der Waals surface area contributed by atoms with Crippen molar-refractivity contribution in [2.75, 3.05) is 13.2 Å². The second-order valence-corrected chi connectivity index (χ2v) is 5.39. The van der Waals surface area contributed by atoms with Crippen molar-refractivity contribution in [3.8, 4) is 0 Å². The number of carbonyl (C=O) groups excluding carboxylic acids is 3. The molecule has 10 nitrogen and oxygen atoms in total. The molecule has 1 atom stereocenters. The summed E-state index contributed by atoms with van der Waals surface area (Å²) in [4.78, 5) is 48.9. The van der Waals surface area contributed by atoms with E-state index in [-0.39, 0.29) is 36.1 Å². The molecule has 24 heavy (non-hydrogen) atoms. The lowest BCUT2D eigenvalue weighted by Crippen LogP contribution is -2.42. The molecule has 11 heteroatoms. The maximum atomic E-state index is 12.1. The number of aromatic nitrogens is 1. The van der Waals surface area contributed by atoms with Crippen LogP contribution in [0.1, 0.15) is 36.5 Å². The van der Waals surface area contributed by atoms with Crippen LogP contribution in [0.15, 0.2) is 6.20 Å². The summed E-state index contributed by atoms with van der Waals surface area (Å²) < 4.78 is 9.61. The van der Waals surface area contributed by atoms with Crippen LogP contribution in [-0.4, -0.2) is 47.0 Å². The Balaban J connectivity index is 2.74. The zero-order chi connectivity index (χ0) is 18.1. The molecule has 1 aromatic heterocycles. The fraction of sp³-hybridized carbons (Fsp3) is 0.538. The molecular formula is C13H17N3O7S. The van der Waals surface area contributed by atoms with Crippen molar-refractivity contribution in [3.05, 3.63) is 21.3 Å². The van der Waals surface area contributed by atoms with Gasteiger partial charge in [-0.1, -0.05) is 0 Å². The first kappa shape index (κ1) is 19.5. The Morgan fingerprint density at radius 3 is 2.54 bits per heavy atom. The molecule has 0 bridgehead atoms. The average molecular weight is 359 g/mol. The number of nitrogens with one attached hydrogen (secondary N) is 1. The quantitative estimate of drug-likeness (QED) is 0.392. The van der Waals surface area contributed by atoms with Gasteiger partial charge in [0, 0.05) is 6.42 Å². The highest BCUT2D eigenvalue weighted by atomic mass is 32.1. The van der Waals surface area contributed by atoms with Gasteiger partial charge in [-0.15, -0.1) is 0 Å². The van der Waals surface area contributed by atoms with Gasteiger partial charge in [0.2, 0.25) is 0 Å². The minimum absolute atomic E-state index is 0.0170. The third kappa shape index (κ3) is 5.91. The van der Waals surface area contributed by atoms with Gasteiger partial charge in [0.1, 0.15) is 12.2 Å². The smallest absolute Gasteiger partial charge is 0.344 e. The van der Waals surface area contributed by atoms with Crippen LogP contribution in [0, 0.1) is 10.1 Å². The third-order valence-corrected chi connectivity index (χ3v) is 3.63. The van der Waals surface area contributed by atoms with E-state index in [1.165, 1.54) is 0 Å². The van der Waals surface area contributed by atoms with Crippen LogP contribution in [-0.2, 0) is 19.1 Å². The van der Waals surface area contributed by atoms with E-state index in [1.807, 2.05) is 0 Å². The van der Waals surface area contributed by atoms with Gasteiger partial charge >= 0.3 is 16.9 Å². The van der Waals surface area contributed by atoms with Crippen molar-refractivity contribution >= 4 is 34.2 Å². The minimum Gasteiger partial charge on any atom is -0.466 e. The standard InChI is InChI=1S/C13H17N3O7S/c1-3-22-10(17)6-5-8(13(19)23-4-2)15-11(18)12-14-7-9(24-12)16(20)21/h7-8H,3-6H2,1-2H3,(H,15,18)/t8-/m1/s1. The molecule has 0 aliphatic carbocycles. The summed E-state index contributed by atoms with van der Waals surface area (Å²) in [6.07, 6.45) is 0.851. The lowest BCUT2D eigenvalue weighted by atomic mass is 10.1. The van der Waals surface area contributed by atoms with Crippen LogP contribution in [0.25, 0.3) is 0 Å². The fourth-order valence-electron chi connectivity index (χ4n) is 1.66. The summed E-state index contributed by atoms with van der Waals surface area (Å²) >= 11 is 0.583. The highest BCUT2D eigenvalue weighted by Crippen LogP contribution is 2.21. The van der Waals surface area contributed by atoms with Crippen LogP contribution < -0.4 is 5.32 Å². The van der Waals surface area contributed by atoms with Gasteiger partial charge in [0.05, 0.1) is 18.1 Å². The Kier molecular flexibility index (Phi) is 7.75. The van der Waals surface area contributed by atoms with Crippen molar-refractivity contribution in [2.45, 2.75) is 32.7 Å². The maximum Gasteiger partial charge on any atom is 0.344 e. The van der Waals surface area contributed by atoms with Gasteiger partial charge in [-0.2, -0.15) is 0 Å². The molecule has 0 saturated carbocycles. The number of carbonyl (C=O) groups is 3. The molecule has 0 aliphatic rings. The van der Waals surface area contributed by atoms with Gasteiger partial charge in [-0.25, -0.2) is 9.78 Å². The van der Waals surface area contributed by atoms with Crippen LogP contribution in [0.3, 0.4) is 0 Å². The molecule has 132 valence electrons. The number of amides is 1. The molecule has 1 rings (SSSR count). The number of rotatable bonds is 9. The number of hydrogen-bond donors (Lipinski definition) is 1. The second kappa shape index (κ2) is 9.55. The van der Waals surface area contributed by atoms with E-state index < -0.39 is 28.8 Å². The summed E-state index contributed by atoms with van der Waals surface area (Å²) in [5, 5.41) is 12.5. The Bertz CT molecular complexity index is 616. The molecule has 0 saturated heterocycles. The summed E-state index contributed by atoms with van der Waals surface area (Å²) in [7, 11) is 0. The van der Waals surface area contributed by atoms with Crippen molar-refractivity contribution < 1.29 is 28.8 Å². The highest BCUT2D eigenvalue weighted by molar-refractivity contribution is 7.16. The van der Waals surface area contributed by atoms with Crippen LogP contribution in [0.4, 0.5) is 5.00 Å². The molecule has 0 aromatic carbocycles. The lowest BCUT2D eigenvalue weighted by molar-refractivity contribution is -0.380. The molecule has 1 amide bonds. The number of thiazole rings is 1. The first-order valence-electron chi connectivity index (χ1n) is 7.12. The van der Waals surface area contributed by atoms with Crippen molar-refractivity contribution in [2.24, 2.45) is 0 Å². The third-order valence-electron chi connectivity index (χ3n) is 2.69.